The lowest BCUT2D eigenvalue weighted by Crippen LogP contribution is -2.06. The topological polar surface area (TPSA) is 118 Å². The molecule has 0 saturated carbocycles. The molecule has 6 rings (SSSR count). The van der Waals surface area contributed by atoms with Gasteiger partial charge in [-0.25, -0.2) is 9.97 Å². The molecule has 0 radical (unpaired) electrons. The summed E-state index contributed by atoms with van der Waals surface area (Å²) in [6.07, 6.45) is 3.69. The van der Waals surface area contributed by atoms with Crippen LogP contribution in [0.4, 0.5) is 5.82 Å². The van der Waals surface area contributed by atoms with Crippen molar-refractivity contribution in [2.24, 2.45) is 7.05 Å². The highest BCUT2D eigenvalue weighted by Gasteiger charge is 2.22. The lowest BCUT2D eigenvalue weighted by molar-refractivity contribution is 0.391. The fourth-order valence-electron chi connectivity index (χ4n) is 5.15. The van der Waals surface area contributed by atoms with E-state index in [9.17, 15) is 0 Å². The Labute approximate surface area is 264 Å². The minimum atomic E-state index is 0.368. The summed E-state index contributed by atoms with van der Waals surface area (Å²) in [6.45, 7) is 6.31. The molecule has 2 aromatic carbocycles. The van der Waals surface area contributed by atoms with Gasteiger partial charge in [-0.1, -0.05) is 17.4 Å². The molecule has 0 aliphatic rings. The maximum atomic E-state index is 6.75. The Morgan fingerprint density at radius 1 is 0.889 bits per heavy atom. The first-order valence-corrected chi connectivity index (χ1v) is 15.0. The summed E-state index contributed by atoms with van der Waals surface area (Å²) in [5, 5.41) is 20.0. The Morgan fingerprint density at radius 3 is 2.40 bits per heavy atom. The second-order valence-corrected chi connectivity index (χ2v) is 11.6. The summed E-state index contributed by atoms with van der Waals surface area (Å²) < 4.78 is 25.1. The highest BCUT2D eigenvalue weighted by molar-refractivity contribution is 7.14. The average molecular weight is 624 g/mol. The van der Waals surface area contributed by atoms with E-state index in [1.165, 1.54) is 11.3 Å². The number of pyridine rings is 2. The molecule has 0 aliphatic heterocycles. The Balaban J connectivity index is 1.58. The summed E-state index contributed by atoms with van der Waals surface area (Å²) in [6, 6.07) is 13.5. The summed E-state index contributed by atoms with van der Waals surface area (Å²) >= 11 is 1.50. The zero-order chi connectivity index (χ0) is 31.7. The highest BCUT2D eigenvalue weighted by Crippen LogP contribution is 2.43. The van der Waals surface area contributed by atoms with Crippen molar-refractivity contribution in [3.05, 3.63) is 76.6 Å². The van der Waals surface area contributed by atoms with Crippen molar-refractivity contribution >= 4 is 27.9 Å². The van der Waals surface area contributed by atoms with Gasteiger partial charge < -0.3 is 24.3 Å². The lowest BCUT2D eigenvalue weighted by Gasteiger charge is -2.19. The van der Waals surface area contributed by atoms with E-state index in [1.54, 1.807) is 26.0 Å². The summed E-state index contributed by atoms with van der Waals surface area (Å²) in [4.78, 5) is 9.92. The van der Waals surface area contributed by atoms with Gasteiger partial charge >= 0.3 is 0 Å². The van der Waals surface area contributed by atoms with Crippen LogP contribution in [0.1, 0.15) is 21.7 Å². The zero-order valence-corrected chi connectivity index (χ0v) is 26.9. The zero-order valence-electron chi connectivity index (χ0n) is 26.1. The normalized spacial score (nSPS) is 11.1. The van der Waals surface area contributed by atoms with Gasteiger partial charge in [-0.3, -0.25) is 4.68 Å². The van der Waals surface area contributed by atoms with E-state index >= 15 is 0 Å². The molecule has 230 valence electrons. The number of benzene rings is 2. The summed E-state index contributed by atoms with van der Waals surface area (Å²) in [5.41, 5.74) is 4.89. The van der Waals surface area contributed by atoms with E-state index in [1.807, 2.05) is 82.7 Å². The Hall–Kier alpha value is -5.23. The quantitative estimate of drug-likeness (QED) is 0.173. The molecule has 0 amide bonds. The van der Waals surface area contributed by atoms with Crippen LogP contribution < -0.4 is 24.3 Å². The molecular weight excluding hydrogens is 590 g/mol. The number of hydrogen-bond acceptors (Lipinski definition) is 11. The number of nitrogens with zero attached hydrogens (tertiary/aromatic N) is 6. The van der Waals surface area contributed by atoms with E-state index < -0.39 is 0 Å². The number of aryl methyl sites for hydroxylation is 3. The Morgan fingerprint density at radius 2 is 1.71 bits per heavy atom. The fraction of sp³-hybridized carbons (Fsp3) is 0.242. The van der Waals surface area contributed by atoms with Crippen molar-refractivity contribution < 1.29 is 18.9 Å². The highest BCUT2D eigenvalue weighted by atomic mass is 32.1. The van der Waals surface area contributed by atoms with E-state index in [-0.39, 0.29) is 0 Å². The Kier molecular flexibility index (Phi) is 8.22. The van der Waals surface area contributed by atoms with Gasteiger partial charge in [0.25, 0.3) is 0 Å². The molecule has 6 aromatic rings. The van der Waals surface area contributed by atoms with Gasteiger partial charge in [0.2, 0.25) is 5.88 Å². The smallest absolute Gasteiger partial charge is 0.231 e. The van der Waals surface area contributed by atoms with E-state index in [0.717, 1.165) is 37.7 Å². The molecular formula is C33H33N7O4S. The van der Waals surface area contributed by atoms with E-state index in [0.29, 0.717) is 58.0 Å². The molecule has 0 fully saturated rings. The van der Waals surface area contributed by atoms with Crippen molar-refractivity contribution in [3.63, 3.8) is 0 Å². The van der Waals surface area contributed by atoms with Crippen molar-refractivity contribution in [2.45, 2.75) is 27.3 Å². The van der Waals surface area contributed by atoms with Gasteiger partial charge in [0, 0.05) is 54.1 Å². The third kappa shape index (κ3) is 5.84. The standard InChI is InChI=1S/C33H33N7O4S/c1-18-8-11-27(42-6)19(2)30(18)44-32-29-23(15-26(36-32)25-12-13-40(4)39-25)24(33-38-37-20(3)45-33)17-35-31(29)34-16-21-9-10-22(41-5)14-28(21)43-7/h8-15,17H,16H2,1-7H3,(H,34,35). The Bertz CT molecular complexity index is 2020. The molecule has 0 saturated heterocycles. The van der Waals surface area contributed by atoms with Gasteiger partial charge in [-0.2, -0.15) is 5.10 Å². The SMILES string of the molecule is COc1ccc(CNc2ncc(-c3nnc(C)s3)c3cc(-c4ccn(C)n4)nc(Oc4c(C)ccc(OC)c4C)c23)c(OC)c1. The maximum Gasteiger partial charge on any atom is 0.231 e. The molecule has 0 spiro atoms. The second kappa shape index (κ2) is 12.4. The van der Waals surface area contributed by atoms with E-state index in [4.69, 9.17) is 28.9 Å². The molecule has 45 heavy (non-hydrogen) atoms. The molecule has 0 unspecified atom stereocenters. The van der Waals surface area contributed by atoms with Crippen LogP contribution in [-0.4, -0.2) is 51.3 Å². The summed E-state index contributed by atoms with van der Waals surface area (Å²) in [5.74, 6) is 3.73. The number of hydrogen-bond donors (Lipinski definition) is 1. The van der Waals surface area contributed by atoms with Gasteiger partial charge in [-0.05, 0) is 56.7 Å². The molecule has 0 aliphatic carbocycles. The number of aromatic nitrogens is 6. The predicted octanol–water partition coefficient (Wildman–Crippen LogP) is 6.90. The van der Waals surface area contributed by atoms with Gasteiger partial charge in [0.05, 0.1) is 32.4 Å². The fourth-order valence-corrected chi connectivity index (χ4v) is 5.87. The van der Waals surface area contributed by atoms with Crippen molar-refractivity contribution in [3.8, 4) is 50.8 Å². The third-order valence-corrected chi connectivity index (χ3v) is 8.35. The molecule has 11 nitrogen and oxygen atoms in total. The number of methoxy groups -OCH3 is 3. The second-order valence-electron chi connectivity index (χ2n) is 10.4. The van der Waals surface area contributed by atoms with Crippen LogP contribution in [0.2, 0.25) is 0 Å². The first-order valence-electron chi connectivity index (χ1n) is 14.2. The van der Waals surface area contributed by atoms with Crippen LogP contribution in [0.25, 0.3) is 32.7 Å². The molecule has 4 heterocycles. The van der Waals surface area contributed by atoms with Gasteiger partial charge in [0.1, 0.15) is 44.5 Å². The van der Waals surface area contributed by atoms with Crippen LogP contribution in [-0.2, 0) is 13.6 Å². The lowest BCUT2D eigenvalue weighted by atomic mass is 10.1. The number of nitrogens with one attached hydrogen (secondary N) is 1. The maximum absolute atomic E-state index is 6.75. The summed E-state index contributed by atoms with van der Waals surface area (Å²) in [7, 11) is 6.79. The van der Waals surface area contributed by atoms with Crippen LogP contribution in [0.15, 0.2) is 54.9 Å². The largest absolute Gasteiger partial charge is 0.497 e. The van der Waals surface area contributed by atoms with Crippen LogP contribution in [0, 0.1) is 20.8 Å². The monoisotopic (exact) mass is 623 g/mol. The average Bonchev–Trinajstić information content (AvgIpc) is 3.69. The van der Waals surface area contributed by atoms with E-state index in [2.05, 4.69) is 20.6 Å². The molecule has 1 N–H and O–H groups in total. The van der Waals surface area contributed by atoms with Crippen LogP contribution >= 0.6 is 11.3 Å². The molecule has 4 aromatic heterocycles. The molecule has 12 heteroatoms. The van der Waals surface area contributed by atoms with Crippen molar-refractivity contribution in [2.75, 3.05) is 26.6 Å². The van der Waals surface area contributed by atoms with Crippen molar-refractivity contribution in [1.82, 2.24) is 29.9 Å². The van der Waals surface area contributed by atoms with Gasteiger partial charge in [0.15, 0.2) is 0 Å². The number of anilines is 1. The number of fused-ring (bicyclic) bond motifs is 1. The van der Waals surface area contributed by atoms with Crippen molar-refractivity contribution in [1.29, 1.82) is 0 Å². The number of ether oxygens (including phenoxy) is 4. The first kappa shape index (κ1) is 29.8. The minimum Gasteiger partial charge on any atom is -0.497 e. The van der Waals surface area contributed by atoms with Crippen LogP contribution in [0.3, 0.4) is 0 Å². The molecule has 0 bridgehead atoms. The minimum absolute atomic E-state index is 0.368. The number of rotatable bonds is 10. The first-order chi connectivity index (χ1) is 21.8. The predicted molar refractivity (Wildman–Crippen MR) is 175 cm³/mol. The molecule has 0 atom stereocenters. The third-order valence-electron chi connectivity index (χ3n) is 7.48. The van der Waals surface area contributed by atoms with Gasteiger partial charge in [-0.15, -0.1) is 10.2 Å². The van der Waals surface area contributed by atoms with Crippen LogP contribution in [0.5, 0.6) is 28.9 Å².